The van der Waals surface area contributed by atoms with E-state index in [1.807, 2.05) is 17.0 Å². The average molecular weight is 458 g/mol. The third kappa shape index (κ3) is 4.41. The largest absolute Gasteiger partial charge is 0.494 e. The Morgan fingerprint density at radius 3 is 2.58 bits per heavy atom. The van der Waals surface area contributed by atoms with E-state index in [2.05, 4.69) is 15.1 Å². The number of para-hydroxylation sites is 1. The van der Waals surface area contributed by atoms with Crippen LogP contribution in [0, 0.1) is 0 Å². The lowest BCUT2D eigenvalue weighted by molar-refractivity contribution is -0.137. The van der Waals surface area contributed by atoms with Gasteiger partial charge in [0.15, 0.2) is 11.5 Å². The summed E-state index contributed by atoms with van der Waals surface area (Å²) >= 11 is 0. The molecule has 1 atom stereocenters. The van der Waals surface area contributed by atoms with Gasteiger partial charge in [-0.3, -0.25) is 4.90 Å². The van der Waals surface area contributed by atoms with Crippen LogP contribution in [0.3, 0.4) is 0 Å². The summed E-state index contributed by atoms with van der Waals surface area (Å²) in [6, 6.07) is 10.7. The zero-order chi connectivity index (χ0) is 23.2. The molecule has 1 saturated heterocycles. The SMILES string of the molecule is COc1cccc2c1nc(N)n1nc(CN(Cc3ccc(C(F)(F)F)cc3)CC3CO3)nc21. The third-order valence-electron chi connectivity index (χ3n) is 5.47. The number of alkyl halides is 3. The predicted molar refractivity (Wildman–Crippen MR) is 115 cm³/mol. The van der Waals surface area contributed by atoms with Gasteiger partial charge in [-0.05, 0) is 29.8 Å². The lowest BCUT2D eigenvalue weighted by Gasteiger charge is -2.20. The minimum atomic E-state index is -4.36. The molecule has 2 N–H and O–H groups in total. The standard InChI is InChI=1S/C22H21F3N6O2/c1-32-17-4-2-3-16-19(17)28-21(26)31-20(16)27-18(29-31)11-30(10-15-12-33-15)9-13-5-7-14(8-6-13)22(23,24)25/h2-8,15H,9-12H2,1H3,(H2,26,28). The van der Waals surface area contributed by atoms with Gasteiger partial charge in [0.1, 0.15) is 11.3 Å². The molecule has 1 fully saturated rings. The number of aromatic nitrogens is 4. The minimum Gasteiger partial charge on any atom is -0.494 e. The molecule has 1 aliphatic heterocycles. The summed E-state index contributed by atoms with van der Waals surface area (Å²) < 4.78 is 50.8. The molecular weight excluding hydrogens is 437 g/mol. The number of ether oxygens (including phenoxy) is 2. The molecule has 0 amide bonds. The average Bonchev–Trinajstić information content (AvgIpc) is 3.49. The Morgan fingerprint density at radius 1 is 1.15 bits per heavy atom. The monoisotopic (exact) mass is 458 g/mol. The molecule has 1 aliphatic rings. The lowest BCUT2D eigenvalue weighted by atomic mass is 10.1. The summed E-state index contributed by atoms with van der Waals surface area (Å²) in [6.07, 6.45) is -4.27. The number of nitrogen functional groups attached to an aromatic ring is 1. The molecule has 3 heterocycles. The number of epoxide rings is 1. The molecule has 33 heavy (non-hydrogen) atoms. The van der Waals surface area contributed by atoms with E-state index in [0.717, 1.165) is 23.1 Å². The Bertz CT molecular complexity index is 1300. The number of benzene rings is 2. The second-order valence-electron chi connectivity index (χ2n) is 7.91. The van der Waals surface area contributed by atoms with Crippen LogP contribution in [0.2, 0.25) is 0 Å². The van der Waals surface area contributed by atoms with Gasteiger partial charge in [-0.25, -0.2) is 9.97 Å². The molecule has 0 bridgehead atoms. The molecule has 8 nitrogen and oxygen atoms in total. The van der Waals surface area contributed by atoms with Crippen molar-refractivity contribution in [3.05, 3.63) is 59.4 Å². The van der Waals surface area contributed by atoms with Crippen molar-refractivity contribution in [1.29, 1.82) is 0 Å². The third-order valence-corrected chi connectivity index (χ3v) is 5.47. The van der Waals surface area contributed by atoms with Crippen LogP contribution in [0.25, 0.3) is 16.6 Å². The van der Waals surface area contributed by atoms with E-state index in [9.17, 15) is 13.2 Å². The van der Waals surface area contributed by atoms with Crippen LogP contribution in [-0.4, -0.2) is 50.8 Å². The van der Waals surface area contributed by atoms with E-state index in [-0.39, 0.29) is 12.1 Å². The van der Waals surface area contributed by atoms with Crippen molar-refractivity contribution >= 4 is 22.5 Å². The Hall–Kier alpha value is -3.44. The maximum atomic E-state index is 12.9. The first-order chi connectivity index (χ1) is 15.8. The first-order valence-electron chi connectivity index (χ1n) is 10.3. The van der Waals surface area contributed by atoms with E-state index in [1.54, 1.807) is 13.2 Å². The number of nitrogens with zero attached hydrogens (tertiary/aromatic N) is 5. The number of anilines is 1. The normalized spacial score (nSPS) is 16.1. The van der Waals surface area contributed by atoms with Crippen LogP contribution in [-0.2, 0) is 24.0 Å². The van der Waals surface area contributed by atoms with Gasteiger partial charge in [0, 0.05) is 18.5 Å². The molecule has 0 spiro atoms. The number of halogens is 3. The van der Waals surface area contributed by atoms with E-state index < -0.39 is 11.7 Å². The Kier molecular flexibility index (Phi) is 5.29. The quantitative estimate of drug-likeness (QED) is 0.425. The number of nitrogens with two attached hydrogens (primary N) is 1. The molecule has 1 unspecified atom stereocenters. The van der Waals surface area contributed by atoms with Gasteiger partial charge in [-0.2, -0.15) is 17.7 Å². The Balaban J connectivity index is 1.44. The maximum absolute atomic E-state index is 12.9. The van der Waals surface area contributed by atoms with Gasteiger partial charge in [0.2, 0.25) is 5.95 Å². The van der Waals surface area contributed by atoms with Gasteiger partial charge in [0.25, 0.3) is 0 Å². The maximum Gasteiger partial charge on any atom is 0.416 e. The summed E-state index contributed by atoms with van der Waals surface area (Å²) in [5.41, 5.74) is 7.36. The number of fused-ring (bicyclic) bond motifs is 3. The number of hydrogen-bond acceptors (Lipinski definition) is 7. The van der Waals surface area contributed by atoms with Crippen molar-refractivity contribution in [2.75, 3.05) is 26.0 Å². The topological polar surface area (TPSA) is 94.1 Å². The van der Waals surface area contributed by atoms with E-state index in [0.29, 0.717) is 49.0 Å². The van der Waals surface area contributed by atoms with Crippen molar-refractivity contribution in [3.63, 3.8) is 0 Å². The molecule has 4 aromatic rings. The fraction of sp³-hybridized carbons (Fsp3) is 0.318. The van der Waals surface area contributed by atoms with Gasteiger partial charge in [0.05, 0.1) is 31.9 Å². The van der Waals surface area contributed by atoms with Crippen LogP contribution in [0.1, 0.15) is 17.0 Å². The molecular formula is C22H21F3N6O2. The first-order valence-corrected chi connectivity index (χ1v) is 10.3. The fourth-order valence-corrected chi connectivity index (χ4v) is 3.80. The second kappa shape index (κ2) is 8.16. The molecule has 0 saturated carbocycles. The Morgan fingerprint density at radius 2 is 1.91 bits per heavy atom. The zero-order valence-corrected chi connectivity index (χ0v) is 17.7. The number of hydrogen-bond donors (Lipinski definition) is 1. The summed E-state index contributed by atoms with van der Waals surface area (Å²) in [5.74, 6) is 1.29. The molecule has 11 heteroatoms. The molecule has 2 aromatic heterocycles. The predicted octanol–water partition coefficient (Wildman–Crippen LogP) is 3.29. The number of methoxy groups -OCH3 is 1. The van der Waals surface area contributed by atoms with Crippen LogP contribution < -0.4 is 10.5 Å². The highest BCUT2D eigenvalue weighted by Crippen LogP contribution is 2.30. The summed E-state index contributed by atoms with van der Waals surface area (Å²) in [6.45, 7) is 2.06. The van der Waals surface area contributed by atoms with Gasteiger partial charge in [-0.15, -0.1) is 5.10 Å². The zero-order valence-electron chi connectivity index (χ0n) is 17.7. The van der Waals surface area contributed by atoms with Gasteiger partial charge >= 0.3 is 6.18 Å². The molecule has 0 aliphatic carbocycles. The van der Waals surface area contributed by atoms with Crippen LogP contribution >= 0.6 is 0 Å². The Labute approximate surface area is 186 Å². The van der Waals surface area contributed by atoms with E-state index in [4.69, 9.17) is 15.2 Å². The molecule has 2 aromatic carbocycles. The second-order valence-corrected chi connectivity index (χ2v) is 7.91. The summed E-state index contributed by atoms with van der Waals surface area (Å²) in [4.78, 5) is 11.1. The van der Waals surface area contributed by atoms with Crippen molar-refractivity contribution in [2.24, 2.45) is 0 Å². The van der Waals surface area contributed by atoms with Crippen molar-refractivity contribution < 1.29 is 22.6 Å². The van der Waals surface area contributed by atoms with Crippen molar-refractivity contribution in [1.82, 2.24) is 24.5 Å². The van der Waals surface area contributed by atoms with Gasteiger partial charge < -0.3 is 15.2 Å². The highest BCUT2D eigenvalue weighted by Gasteiger charge is 2.30. The molecule has 5 rings (SSSR count). The smallest absolute Gasteiger partial charge is 0.416 e. The van der Waals surface area contributed by atoms with Crippen LogP contribution in [0.15, 0.2) is 42.5 Å². The molecule has 172 valence electrons. The molecule has 0 radical (unpaired) electrons. The summed E-state index contributed by atoms with van der Waals surface area (Å²) in [5, 5.41) is 5.27. The summed E-state index contributed by atoms with van der Waals surface area (Å²) in [7, 11) is 1.56. The minimum absolute atomic E-state index is 0.0910. The van der Waals surface area contributed by atoms with E-state index >= 15 is 0 Å². The van der Waals surface area contributed by atoms with E-state index in [1.165, 1.54) is 16.6 Å². The number of rotatable bonds is 7. The highest BCUT2D eigenvalue weighted by molar-refractivity contribution is 5.95. The lowest BCUT2D eigenvalue weighted by Crippen LogP contribution is -2.27. The van der Waals surface area contributed by atoms with Crippen LogP contribution in [0.5, 0.6) is 5.75 Å². The van der Waals surface area contributed by atoms with Gasteiger partial charge in [-0.1, -0.05) is 18.2 Å². The highest BCUT2D eigenvalue weighted by atomic mass is 19.4. The first kappa shape index (κ1) is 21.4. The van der Waals surface area contributed by atoms with Crippen molar-refractivity contribution in [2.45, 2.75) is 25.4 Å². The van der Waals surface area contributed by atoms with Crippen molar-refractivity contribution in [3.8, 4) is 5.75 Å². The van der Waals surface area contributed by atoms with Crippen LogP contribution in [0.4, 0.5) is 19.1 Å². The fourth-order valence-electron chi connectivity index (χ4n) is 3.80.